The minimum absolute atomic E-state index is 0.0300. The van der Waals surface area contributed by atoms with Crippen LogP contribution in [0.3, 0.4) is 0 Å². The second kappa shape index (κ2) is 4.43. The van der Waals surface area contributed by atoms with Gasteiger partial charge in [-0.3, -0.25) is 4.79 Å². The molecule has 3 N–H and O–H groups in total. The molecule has 0 saturated heterocycles. The van der Waals surface area contributed by atoms with Crippen molar-refractivity contribution in [2.75, 3.05) is 18.2 Å². The molecule has 1 aliphatic carbocycles. The molecule has 0 unspecified atom stereocenters. The van der Waals surface area contributed by atoms with Crippen LogP contribution in [0, 0.1) is 5.92 Å². The van der Waals surface area contributed by atoms with Crippen LogP contribution in [-0.4, -0.2) is 13.0 Å². The Morgan fingerprint density at radius 3 is 2.94 bits per heavy atom. The molecule has 1 aromatic rings. The Balaban J connectivity index is 2.03. The molecule has 0 bridgehead atoms. The van der Waals surface area contributed by atoms with Gasteiger partial charge in [0.05, 0.1) is 18.5 Å². The number of amides is 1. The number of nitrogens with one attached hydrogen (secondary N) is 1. The van der Waals surface area contributed by atoms with Crippen molar-refractivity contribution in [1.82, 2.24) is 0 Å². The molecule has 0 radical (unpaired) electrons. The van der Waals surface area contributed by atoms with Gasteiger partial charge in [0.15, 0.2) is 0 Å². The normalized spacial score (nSPS) is 14.6. The predicted octanol–water partition coefficient (Wildman–Crippen LogP) is 2.02. The first-order valence-electron chi connectivity index (χ1n) is 5.42. The summed E-state index contributed by atoms with van der Waals surface area (Å²) in [4.78, 5) is 11.6. The number of hydrogen-bond donors (Lipinski definition) is 2. The zero-order valence-electron chi connectivity index (χ0n) is 9.32. The average Bonchev–Trinajstić information content (AvgIpc) is 3.05. The van der Waals surface area contributed by atoms with E-state index in [1.165, 1.54) is 12.8 Å². The lowest BCUT2D eigenvalue weighted by molar-refractivity contribution is -0.116. The van der Waals surface area contributed by atoms with Crippen LogP contribution in [0.2, 0.25) is 0 Å². The summed E-state index contributed by atoms with van der Waals surface area (Å²) in [5.41, 5.74) is 6.96. The van der Waals surface area contributed by atoms with E-state index in [-0.39, 0.29) is 5.91 Å². The van der Waals surface area contributed by atoms with Gasteiger partial charge in [0, 0.05) is 12.5 Å². The molecule has 1 fully saturated rings. The van der Waals surface area contributed by atoms with Gasteiger partial charge >= 0.3 is 0 Å². The molecule has 2 rings (SSSR count). The first kappa shape index (κ1) is 10.8. The summed E-state index contributed by atoms with van der Waals surface area (Å²) in [6.07, 6.45) is 2.93. The molecule has 16 heavy (non-hydrogen) atoms. The molecule has 1 aliphatic rings. The monoisotopic (exact) mass is 220 g/mol. The Bertz CT molecular complexity index is 400. The molecule has 0 atom stereocenters. The third-order valence-corrected chi connectivity index (χ3v) is 2.71. The van der Waals surface area contributed by atoms with Crippen LogP contribution >= 0.6 is 0 Å². The fraction of sp³-hybridized carbons (Fsp3) is 0.417. The highest BCUT2D eigenvalue weighted by Gasteiger charge is 2.24. The van der Waals surface area contributed by atoms with Crippen LogP contribution in [0.25, 0.3) is 0 Å². The first-order valence-corrected chi connectivity index (χ1v) is 5.42. The van der Waals surface area contributed by atoms with Gasteiger partial charge in [-0.2, -0.15) is 0 Å². The molecule has 1 saturated carbocycles. The van der Waals surface area contributed by atoms with E-state index in [9.17, 15) is 4.79 Å². The summed E-state index contributed by atoms with van der Waals surface area (Å²) in [6, 6.07) is 5.23. The van der Waals surface area contributed by atoms with Gasteiger partial charge in [-0.15, -0.1) is 0 Å². The van der Waals surface area contributed by atoms with Crippen molar-refractivity contribution in [2.24, 2.45) is 5.92 Å². The van der Waals surface area contributed by atoms with Crippen molar-refractivity contribution < 1.29 is 9.53 Å². The van der Waals surface area contributed by atoms with Crippen molar-refractivity contribution >= 4 is 17.3 Å². The summed E-state index contributed by atoms with van der Waals surface area (Å²) in [6.45, 7) is 0. The van der Waals surface area contributed by atoms with Crippen molar-refractivity contribution in [3.05, 3.63) is 18.2 Å². The number of methoxy groups -OCH3 is 1. The molecule has 0 heterocycles. The van der Waals surface area contributed by atoms with E-state index >= 15 is 0 Å². The minimum atomic E-state index is 0.0300. The highest BCUT2D eigenvalue weighted by Crippen LogP contribution is 2.33. The maximum absolute atomic E-state index is 11.6. The Kier molecular flexibility index (Phi) is 2.99. The van der Waals surface area contributed by atoms with Crippen molar-refractivity contribution in [2.45, 2.75) is 19.3 Å². The molecule has 4 heteroatoms. The van der Waals surface area contributed by atoms with Gasteiger partial charge in [-0.25, -0.2) is 0 Å². The zero-order valence-corrected chi connectivity index (χ0v) is 9.32. The Morgan fingerprint density at radius 2 is 2.31 bits per heavy atom. The van der Waals surface area contributed by atoms with Crippen LogP contribution in [-0.2, 0) is 4.79 Å². The van der Waals surface area contributed by atoms with E-state index in [1.807, 2.05) is 0 Å². The van der Waals surface area contributed by atoms with Crippen LogP contribution in [0.5, 0.6) is 5.75 Å². The van der Waals surface area contributed by atoms with E-state index in [4.69, 9.17) is 10.5 Å². The second-order valence-electron chi connectivity index (χ2n) is 4.15. The lowest BCUT2D eigenvalue weighted by Crippen LogP contribution is -2.13. The summed E-state index contributed by atoms with van der Waals surface area (Å²) >= 11 is 0. The van der Waals surface area contributed by atoms with Gasteiger partial charge in [0.2, 0.25) is 5.91 Å². The molecule has 1 amide bonds. The molecule has 0 aliphatic heterocycles. The van der Waals surface area contributed by atoms with Gasteiger partial charge in [0.25, 0.3) is 0 Å². The number of benzene rings is 1. The Hall–Kier alpha value is -1.71. The lowest BCUT2D eigenvalue weighted by Gasteiger charge is -2.09. The molecule has 0 spiro atoms. The maximum atomic E-state index is 11.6. The number of nitrogens with two attached hydrogens (primary N) is 1. The van der Waals surface area contributed by atoms with Gasteiger partial charge in [-0.1, -0.05) is 0 Å². The fourth-order valence-corrected chi connectivity index (χ4v) is 1.56. The van der Waals surface area contributed by atoms with Crippen molar-refractivity contribution in [3.8, 4) is 5.75 Å². The van der Waals surface area contributed by atoms with E-state index in [1.54, 1.807) is 25.3 Å². The SMILES string of the molecule is COc1ccc(N)c(NC(=O)CC2CC2)c1. The van der Waals surface area contributed by atoms with Crippen LogP contribution in [0.1, 0.15) is 19.3 Å². The smallest absolute Gasteiger partial charge is 0.224 e. The summed E-state index contributed by atoms with van der Waals surface area (Å²) in [7, 11) is 1.58. The van der Waals surface area contributed by atoms with Gasteiger partial charge in [-0.05, 0) is 30.9 Å². The largest absolute Gasteiger partial charge is 0.497 e. The average molecular weight is 220 g/mol. The number of rotatable bonds is 4. The van der Waals surface area contributed by atoms with E-state index in [2.05, 4.69) is 5.32 Å². The second-order valence-corrected chi connectivity index (χ2v) is 4.15. The first-order chi connectivity index (χ1) is 7.69. The third kappa shape index (κ3) is 2.66. The third-order valence-electron chi connectivity index (χ3n) is 2.71. The molecule has 1 aromatic carbocycles. The van der Waals surface area contributed by atoms with E-state index in [0.717, 1.165) is 0 Å². The van der Waals surface area contributed by atoms with Crippen LogP contribution in [0.15, 0.2) is 18.2 Å². The highest BCUT2D eigenvalue weighted by molar-refractivity contribution is 5.94. The number of hydrogen-bond acceptors (Lipinski definition) is 3. The van der Waals surface area contributed by atoms with E-state index < -0.39 is 0 Å². The fourth-order valence-electron chi connectivity index (χ4n) is 1.56. The number of anilines is 2. The number of ether oxygens (including phenoxy) is 1. The quantitative estimate of drug-likeness (QED) is 0.763. The van der Waals surface area contributed by atoms with Gasteiger partial charge in [0.1, 0.15) is 5.75 Å². The van der Waals surface area contributed by atoms with Crippen molar-refractivity contribution in [3.63, 3.8) is 0 Å². The lowest BCUT2D eigenvalue weighted by atomic mass is 10.2. The van der Waals surface area contributed by atoms with Crippen LogP contribution < -0.4 is 15.8 Å². The minimum Gasteiger partial charge on any atom is -0.497 e. The predicted molar refractivity (Wildman–Crippen MR) is 63.4 cm³/mol. The molecule has 0 aromatic heterocycles. The Morgan fingerprint density at radius 1 is 1.56 bits per heavy atom. The number of carbonyl (C=O) groups excluding carboxylic acids is 1. The van der Waals surface area contributed by atoms with Gasteiger partial charge < -0.3 is 15.8 Å². The summed E-state index contributed by atoms with van der Waals surface area (Å²) in [5, 5.41) is 2.81. The summed E-state index contributed by atoms with van der Waals surface area (Å²) in [5.74, 6) is 1.30. The Labute approximate surface area is 94.8 Å². The highest BCUT2D eigenvalue weighted by atomic mass is 16.5. The van der Waals surface area contributed by atoms with E-state index in [0.29, 0.717) is 29.5 Å². The number of carbonyl (C=O) groups is 1. The molecule has 86 valence electrons. The molecular weight excluding hydrogens is 204 g/mol. The van der Waals surface area contributed by atoms with Crippen LogP contribution in [0.4, 0.5) is 11.4 Å². The topological polar surface area (TPSA) is 64.3 Å². The standard InChI is InChI=1S/C12H16N2O2/c1-16-9-4-5-10(13)11(7-9)14-12(15)6-8-2-3-8/h4-5,7-8H,2-3,6,13H2,1H3,(H,14,15). The maximum Gasteiger partial charge on any atom is 0.224 e. The summed E-state index contributed by atoms with van der Waals surface area (Å²) < 4.78 is 5.08. The zero-order chi connectivity index (χ0) is 11.5. The molecular formula is C12H16N2O2. The number of nitrogen functional groups attached to an aromatic ring is 1. The molecule has 4 nitrogen and oxygen atoms in total. The van der Waals surface area contributed by atoms with Crippen molar-refractivity contribution in [1.29, 1.82) is 0 Å².